The second-order valence-corrected chi connectivity index (χ2v) is 7.41. The number of imide groups is 1. The van der Waals surface area contributed by atoms with Gasteiger partial charge in [0, 0.05) is 11.4 Å². The van der Waals surface area contributed by atoms with E-state index in [1.165, 1.54) is 4.90 Å². The van der Waals surface area contributed by atoms with Gasteiger partial charge in [0.2, 0.25) is 5.91 Å². The van der Waals surface area contributed by atoms with Crippen LogP contribution in [0, 0.1) is 27.7 Å². The number of benzene rings is 2. The Labute approximate surface area is 165 Å². The molecule has 28 heavy (non-hydrogen) atoms. The highest BCUT2D eigenvalue weighted by Crippen LogP contribution is 2.26. The number of hydrogen-bond acceptors (Lipinski definition) is 3. The van der Waals surface area contributed by atoms with E-state index in [2.05, 4.69) is 5.32 Å². The molecule has 1 fully saturated rings. The minimum atomic E-state index is -0.647. The Kier molecular flexibility index (Phi) is 5.23. The van der Waals surface area contributed by atoms with E-state index in [9.17, 15) is 14.4 Å². The molecule has 1 heterocycles. The Morgan fingerprint density at radius 3 is 2.11 bits per heavy atom. The third kappa shape index (κ3) is 3.63. The van der Waals surface area contributed by atoms with Crippen LogP contribution in [0.4, 0.5) is 16.2 Å². The highest BCUT2D eigenvalue weighted by Gasteiger charge is 2.44. The maximum atomic E-state index is 12.8. The van der Waals surface area contributed by atoms with Crippen molar-refractivity contribution in [2.75, 3.05) is 16.8 Å². The summed E-state index contributed by atoms with van der Waals surface area (Å²) < 4.78 is 0. The summed E-state index contributed by atoms with van der Waals surface area (Å²) in [6.45, 7) is 9.15. The lowest BCUT2D eigenvalue weighted by Gasteiger charge is -2.19. The Morgan fingerprint density at radius 2 is 1.54 bits per heavy atom. The highest BCUT2D eigenvalue weighted by molar-refractivity contribution is 6.16. The summed E-state index contributed by atoms with van der Waals surface area (Å²) in [5.41, 5.74) is 5.43. The fourth-order valence-corrected chi connectivity index (χ4v) is 3.61. The van der Waals surface area contributed by atoms with Crippen LogP contribution in [-0.2, 0) is 9.59 Å². The van der Waals surface area contributed by atoms with Crippen LogP contribution in [0.2, 0.25) is 0 Å². The summed E-state index contributed by atoms with van der Waals surface area (Å²) in [6.07, 6.45) is 0. The third-order valence-corrected chi connectivity index (χ3v) is 5.00. The van der Waals surface area contributed by atoms with Gasteiger partial charge < -0.3 is 5.32 Å². The monoisotopic (exact) mass is 379 g/mol. The van der Waals surface area contributed by atoms with Gasteiger partial charge in [0.05, 0.1) is 0 Å². The molecule has 4 amide bonds. The molecule has 1 atom stereocenters. The largest absolute Gasteiger partial charge is 0.332 e. The zero-order valence-electron chi connectivity index (χ0n) is 16.9. The minimum absolute atomic E-state index is 0.308. The molecule has 2 aromatic rings. The molecule has 146 valence electrons. The summed E-state index contributed by atoms with van der Waals surface area (Å²) >= 11 is 0. The molecular formula is C22H25N3O3. The Hall–Kier alpha value is -3.15. The molecule has 1 aliphatic rings. The summed E-state index contributed by atoms with van der Waals surface area (Å²) in [4.78, 5) is 40.5. The first-order valence-corrected chi connectivity index (χ1v) is 9.28. The number of hydrogen-bond donors (Lipinski definition) is 1. The van der Waals surface area contributed by atoms with Crippen LogP contribution in [0.25, 0.3) is 0 Å². The molecule has 0 bridgehead atoms. The Morgan fingerprint density at radius 1 is 0.964 bits per heavy atom. The lowest BCUT2D eigenvalue weighted by atomic mass is 10.1. The van der Waals surface area contributed by atoms with Crippen molar-refractivity contribution in [3.63, 3.8) is 0 Å². The second kappa shape index (κ2) is 7.46. The molecule has 0 spiro atoms. The molecule has 6 nitrogen and oxygen atoms in total. The zero-order valence-corrected chi connectivity index (χ0v) is 16.9. The molecule has 0 radical (unpaired) electrons. The van der Waals surface area contributed by atoms with Crippen molar-refractivity contribution in [3.05, 3.63) is 58.7 Å². The molecule has 1 saturated heterocycles. The maximum absolute atomic E-state index is 12.8. The van der Waals surface area contributed by atoms with Crippen molar-refractivity contribution >= 4 is 29.2 Å². The average molecular weight is 379 g/mol. The van der Waals surface area contributed by atoms with Crippen LogP contribution in [0.15, 0.2) is 36.4 Å². The molecule has 0 saturated carbocycles. The van der Waals surface area contributed by atoms with Gasteiger partial charge in [-0.25, -0.2) is 4.79 Å². The van der Waals surface area contributed by atoms with Crippen molar-refractivity contribution in [3.8, 4) is 0 Å². The van der Waals surface area contributed by atoms with E-state index in [1.54, 1.807) is 19.1 Å². The highest BCUT2D eigenvalue weighted by atomic mass is 16.2. The first-order chi connectivity index (χ1) is 13.2. The molecule has 0 aromatic heterocycles. The lowest BCUT2D eigenvalue weighted by molar-refractivity contribution is -0.130. The topological polar surface area (TPSA) is 69.7 Å². The maximum Gasteiger partial charge on any atom is 0.332 e. The van der Waals surface area contributed by atoms with E-state index in [4.69, 9.17) is 0 Å². The molecule has 1 N–H and O–H groups in total. The lowest BCUT2D eigenvalue weighted by Crippen LogP contribution is -2.39. The smallest absolute Gasteiger partial charge is 0.324 e. The van der Waals surface area contributed by atoms with Gasteiger partial charge in [-0.15, -0.1) is 0 Å². The SMILES string of the molecule is Cc1ccc(N2C(=O)N(CC(=O)Nc3c(C)cc(C)cc3C)C(=O)C2C)cc1. The molecular weight excluding hydrogens is 354 g/mol. The summed E-state index contributed by atoms with van der Waals surface area (Å²) in [5, 5.41) is 2.85. The first-order valence-electron chi connectivity index (χ1n) is 9.28. The molecule has 2 aromatic carbocycles. The van der Waals surface area contributed by atoms with Gasteiger partial charge in [0.15, 0.2) is 0 Å². The van der Waals surface area contributed by atoms with Crippen LogP contribution in [0.5, 0.6) is 0 Å². The minimum Gasteiger partial charge on any atom is -0.324 e. The number of nitrogens with one attached hydrogen (secondary N) is 1. The van der Waals surface area contributed by atoms with E-state index in [0.29, 0.717) is 5.69 Å². The second-order valence-electron chi connectivity index (χ2n) is 7.41. The van der Waals surface area contributed by atoms with Crippen LogP contribution >= 0.6 is 0 Å². The average Bonchev–Trinajstić information content (AvgIpc) is 2.83. The fraction of sp³-hybridized carbons (Fsp3) is 0.318. The molecule has 1 aliphatic heterocycles. The Balaban J connectivity index is 1.77. The van der Waals surface area contributed by atoms with Gasteiger partial charge in [-0.1, -0.05) is 35.4 Å². The summed E-state index contributed by atoms with van der Waals surface area (Å²) in [5.74, 6) is -0.771. The van der Waals surface area contributed by atoms with E-state index in [0.717, 1.165) is 32.8 Å². The van der Waals surface area contributed by atoms with Crippen LogP contribution < -0.4 is 10.2 Å². The number of rotatable bonds is 4. The van der Waals surface area contributed by atoms with Crippen molar-refractivity contribution in [1.82, 2.24) is 4.90 Å². The summed E-state index contributed by atoms with van der Waals surface area (Å²) in [7, 11) is 0. The number of carbonyl (C=O) groups is 3. The Bertz CT molecular complexity index is 927. The number of anilines is 2. The van der Waals surface area contributed by atoms with Crippen molar-refractivity contribution < 1.29 is 14.4 Å². The molecule has 3 rings (SSSR count). The van der Waals surface area contributed by atoms with Crippen molar-refractivity contribution in [2.45, 2.75) is 40.7 Å². The number of urea groups is 1. The van der Waals surface area contributed by atoms with Gasteiger partial charge in [-0.3, -0.25) is 19.4 Å². The van der Waals surface area contributed by atoms with Gasteiger partial charge in [-0.05, 0) is 57.9 Å². The number of carbonyl (C=O) groups excluding carboxylic acids is 3. The standard InChI is InChI=1S/C22H25N3O3/c1-13-6-8-18(9-7-13)25-17(5)21(27)24(22(25)28)12-19(26)23-20-15(3)10-14(2)11-16(20)4/h6-11,17H,12H2,1-5H3,(H,23,26). The zero-order chi connectivity index (χ0) is 20.6. The summed E-state index contributed by atoms with van der Waals surface area (Å²) in [6, 6.07) is 10.2. The first kappa shape index (κ1) is 19.6. The molecule has 6 heteroatoms. The third-order valence-electron chi connectivity index (χ3n) is 5.00. The van der Waals surface area contributed by atoms with Gasteiger partial charge in [0.1, 0.15) is 12.6 Å². The molecule has 0 aliphatic carbocycles. The van der Waals surface area contributed by atoms with Crippen LogP contribution in [0.1, 0.15) is 29.2 Å². The van der Waals surface area contributed by atoms with E-state index in [-0.39, 0.29) is 12.5 Å². The predicted molar refractivity (Wildman–Crippen MR) is 110 cm³/mol. The molecule has 1 unspecified atom stereocenters. The van der Waals surface area contributed by atoms with E-state index < -0.39 is 18.0 Å². The fourth-order valence-electron chi connectivity index (χ4n) is 3.61. The van der Waals surface area contributed by atoms with Crippen molar-refractivity contribution in [2.24, 2.45) is 0 Å². The number of nitrogens with zero attached hydrogens (tertiary/aromatic N) is 2. The normalized spacial score (nSPS) is 16.7. The van der Waals surface area contributed by atoms with Gasteiger partial charge >= 0.3 is 6.03 Å². The van der Waals surface area contributed by atoms with Crippen LogP contribution in [-0.4, -0.2) is 35.3 Å². The number of aryl methyl sites for hydroxylation is 4. The number of amides is 4. The van der Waals surface area contributed by atoms with E-state index in [1.807, 2.05) is 52.0 Å². The quantitative estimate of drug-likeness (QED) is 0.823. The van der Waals surface area contributed by atoms with Gasteiger partial charge in [-0.2, -0.15) is 0 Å². The van der Waals surface area contributed by atoms with Gasteiger partial charge in [0.25, 0.3) is 5.91 Å². The van der Waals surface area contributed by atoms with Crippen LogP contribution in [0.3, 0.4) is 0 Å². The van der Waals surface area contributed by atoms with Crippen molar-refractivity contribution in [1.29, 1.82) is 0 Å². The van der Waals surface area contributed by atoms with E-state index >= 15 is 0 Å². The predicted octanol–water partition coefficient (Wildman–Crippen LogP) is 3.72.